The van der Waals surface area contributed by atoms with Crippen LogP contribution in [-0.4, -0.2) is 6.54 Å². The lowest BCUT2D eigenvalue weighted by molar-refractivity contribution is -0.137. The maximum Gasteiger partial charge on any atom is 0.416 e. The Kier molecular flexibility index (Phi) is 3.10. The average molecular weight is 207 g/mol. The summed E-state index contributed by atoms with van der Waals surface area (Å²) in [5.74, 6) is -0.650. The zero-order valence-electron chi connectivity index (χ0n) is 7.24. The summed E-state index contributed by atoms with van der Waals surface area (Å²) in [7, 11) is 0. The minimum atomic E-state index is -4.43. The molecule has 1 aromatic rings. The third-order valence-corrected chi connectivity index (χ3v) is 1.79. The summed E-state index contributed by atoms with van der Waals surface area (Å²) in [5, 5.41) is 0. The molecule has 2 N–H and O–H groups in total. The minimum Gasteiger partial charge on any atom is -0.330 e. The van der Waals surface area contributed by atoms with Crippen molar-refractivity contribution < 1.29 is 17.6 Å². The van der Waals surface area contributed by atoms with Crippen LogP contribution >= 0.6 is 0 Å². The fourth-order valence-corrected chi connectivity index (χ4v) is 1.10. The molecule has 0 aliphatic carbocycles. The van der Waals surface area contributed by atoms with Crippen LogP contribution in [-0.2, 0) is 12.6 Å². The van der Waals surface area contributed by atoms with Crippen LogP contribution in [0.5, 0.6) is 0 Å². The number of hydrogen-bond acceptors (Lipinski definition) is 1. The minimum absolute atomic E-state index is 0.00215. The molecule has 0 saturated heterocycles. The van der Waals surface area contributed by atoms with Crippen LogP contribution < -0.4 is 5.73 Å². The Morgan fingerprint density at radius 2 is 1.86 bits per heavy atom. The Morgan fingerprint density at radius 3 is 2.36 bits per heavy atom. The Labute approximate surface area is 78.5 Å². The van der Waals surface area contributed by atoms with E-state index in [0.717, 1.165) is 18.2 Å². The van der Waals surface area contributed by atoms with Crippen LogP contribution in [0.3, 0.4) is 0 Å². The molecule has 0 amide bonds. The topological polar surface area (TPSA) is 26.0 Å². The zero-order valence-corrected chi connectivity index (χ0v) is 7.24. The van der Waals surface area contributed by atoms with Crippen molar-refractivity contribution in [3.63, 3.8) is 0 Å². The van der Waals surface area contributed by atoms with E-state index in [1.165, 1.54) is 0 Å². The van der Waals surface area contributed by atoms with Crippen molar-refractivity contribution in [2.24, 2.45) is 5.73 Å². The van der Waals surface area contributed by atoms with E-state index >= 15 is 0 Å². The first-order valence-electron chi connectivity index (χ1n) is 4.01. The van der Waals surface area contributed by atoms with Crippen molar-refractivity contribution >= 4 is 0 Å². The first-order valence-corrected chi connectivity index (χ1v) is 4.01. The van der Waals surface area contributed by atoms with Gasteiger partial charge in [0.1, 0.15) is 5.82 Å². The van der Waals surface area contributed by atoms with Crippen LogP contribution in [0.25, 0.3) is 0 Å². The van der Waals surface area contributed by atoms with Crippen LogP contribution in [0.1, 0.15) is 11.1 Å². The van der Waals surface area contributed by atoms with E-state index in [4.69, 9.17) is 5.73 Å². The lowest BCUT2D eigenvalue weighted by Crippen LogP contribution is -2.09. The molecule has 0 atom stereocenters. The maximum atomic E-state index is 12.9. The average Bonchev–Trinajstić information content (AvgIpc) is 2.07. The molecule has 0 radical (unpaired) electrons. The van der Waals surface area contributed by atoms with Gasteiger partial charge in [0, 0.05) is 0 Å². The van der Waals surface area contributed by atoms with Gasteiger partial charge in [0.25, 0.3) is 0 Å². The lowest BCUT2D eigenvalue weighted by Gasteiger charge is -2.08. The van der Waals surface area contributed by atoms with E-state index in [0.29, 0.717) is 0 Å². The molecule has 0 spiro atoms. The van der Waals surface area contributed by atoms with E-state index in [2.05, 4.69) is 0 Å². The van der Waals surface area contributed by atoms with Gasteiger partial charge in [-0.05, 0) is 36.7 Å². The molecule has 1 rings (SSSR count). The van der Waals surface area contributed by atoms with Crippen molar-refractivity contribution in [3.05, 3.63) is 35.1 Å². The van der Waals surface area contributed by atoms with Gasteiger partial charge in [0.2, 0.25) is 0 Å². The Bertz CT molecular complexity index is 319. The summed E-state index contributed by atoms with van der Waals surface area (Å²) in [6, 6.07) is 2.32. The van der Waals surface area contributed by atoms with Crippen LogP contribution in [0.4, 0.5) is 17.6 Å². The van der Waals surface area contributed by atoms with E-state index < -0.39 is 17.6 Å². The van der Waals surface area contributed by atoms with E-state index in [1.54, 1.807) is 0 Å². The highest BCUT2D eigenvalue weighted by atomic mass is 19.4. The first-order chi connectivity index (χ1) is 6.45. The van der Waals surface area contributed by atoms with Gasteiger partial charge >= 0.3 is 6.18 Å². The lowest BCUT2D eigenvalue weighted by atomic mass is 10.1. The Morgan fingerprint density at radius 1 is 1.21 bits per heavy atom. The number of rotatable bonds is 2. The first kappa shape index (κ1) is 11.0. The fourth-order valence-electron chi connectivity index (χ4n) is 1.10. The molecule has 0 aliphatic rings. The Balaban J connectivity index is 3.06. The molecule has 0 saturated carbocycles. The summed E-state index contributed by atoms with van der Waals surface area (Å²) >= 11 is 0. The maximum absolute atomic E-state index is 12.9. The highest BCUT2D eigenvalue weighted by Crippen LogP contribution is 2.30. The summed E-state index contributed by atoms with van der Waals surface area (Å²) < 4.78 is 49.5. The zero-order chi connectivity index (χ0) is 10.8. The van der Waals surface area contributed by atoms with Gasteiger partial charge in [-0.25, -0.2) is 4.39 Å². The van der Waals surface area contributed by atoms with Gasteiger partial charge in [-0.3, -0.25) is 0 Å². The second kappa shape index (κ2) is 3.96. The highest BCUT2D eigenvalue weighted by Gasteiger charge is 2.30. The summed E-state index contributed by atoms with van der Waals surface area (Å²) in [4.78, 5) is 0. The number of alkyl halides is 3. The summed E-state index contributed by atoms with van der Waals surface area (Å²) in [6.07, 6.45) is -4.33. The van der Waals surface area contributed by atoms with Crippen molar-refractivity contribution in [1.29, 1.82) is 0 Å². The van der Waals surface area contributed by atoms with Crippen LogP contribution in [0.15, 0.2) is 18.2 Å². The fraction of sp³-hybridized carbons (Fsp3) is 0.333. The number of halogens is 4. The monoisotopic (exact) mass is 207 g/mol. The smallest absolute Gasteiger partial charge is 0.330 e. The van der Waals surface area contributed by atoms with Gasteiger partial charge in [0.05, 0.1) is 5.56 Å². The SMILES string of the molecule is NCCc1cc(C(F)(F)F)ccc1F. The standard InChI is InChI=1S/C9H9F4N/c10-8-2-1-7(9(11,12)13)5-6(8)3-4-14/h1-2,5H,3-4,14H2. The molecule has 0 aromatic heterocycles. The number of nitrogens with two attached hydrogens (primary N) is 1. The molecular formula is C9H9F4N. The van der Waals surface area contributed by atoms with Gasteiger partial charge in [-0.15, -0.1) is 0 Å². The molecule has 5 heteroatoms. The molecular weight excluding hydrogens is 198 g/mol. The van der Waals surface area contributed by atoms with Crippen LogP contribution in [0, 0.1) is 5.82 Å². The van der Waals surface area contributed by atoms with Crippen LogP contribution in [0.2, 0.25) is 0 Å². The van der Waals surface area contributed by atoms with Gasteiger partial charge in [-0.1, -0.05) is 0 Å². The second-order valence-corrected chi connectivity index (χ2v) is 2.84. The molecule has 1 aromatic carbocycles. The van der Waals surface area contributed by atoms with Crippen molar-refractivity contribution in [2.45, 2.75) is 12.6 Å². The van der Waals surface area contributed by atoms with Crippen molar-refractivity contribution in [2.75, 3.05) is 6.54 Å². The molecule has 14 heavy (non-hydrogen) atoms. The van der Waals surface area contributed by atoms with Crippen molar-refractivity contribution in [1.82, 2.24) is 0 Å². The number of benzene rings is 1. The summed E-state index contributed by atoms with van der Waals surface area (Å²) in [5.41, 5.74) is 4.30. The molecule has 1 nitrogen and oxygen atoms in total. The van der Waals surface area contributed by atoms with Gasteiger partial charge in [0.15, 0.2) is 0 Å². The molecule has 0 bridgehead atoms. The highest BCUT2D eigenvalue weighted by molar-refractivity contribution is 5.27. The van der Waals surface area contributed by atoms with Crippen molar-refractivity contribution in [3.8, 4) is 0 Å². The molecule has 0 heterocycles. The largest absolute Gasteiger partial charge is 0.416 e. The quantitative estimate of drug-likeness (QED) is 0.740. The predicted molar refractivity (Wildman–Crippen MR) is 44.2 cm³/mol. The van der Waals surface area contributed by atoms with Gasteiger partial charge in [-0.2, -0.15) is 13.2 Å². The molecule has 0 fully saturated rings. The molecule has 78 valence electrons. The Hall–Kier alpha value is -1.10. The van der Waals surface area contributed by atoms with E-state index in [1.807, 2.05) is 0 Å². The van der Waals surface area contributed by atoms with E-state index in [-0.39, 0.29) is 18.5 Å². The number of hydrogen-bond donors (Lipinski definition) is 1. The summed E-state index contributed by atoms with van der Waals surface area (Å²) in [6.45, 7) is 0.123. The normalized spacial score (nSPS) is 11.8. The second-order valence-electron chi connectivity index (χ2n) is 2.84. The third-order valence-electron chi connectivity index (χ3n) is 1.79. The third kappa shape index (κ3) is 2.45. The molecule has 0 unspecified atom stereocenters. The van der Waals surface area contributed by atoms with Gasteiger partial charge < -0.3 is 5.73 Å². The van der Waals surface area contributed by atoms with E-state index in [9.17, 15) is 17.6 Å². The molecule has 0 aliphatic heterocycles. The predicted octanol–water partition coefficient (Wildman–Crippen LogP) is 2.35.